The molecule has 6 nitrogen and oxygen atoms in total. The molecule has 1 amide bonds. The average Bonchev–Trinajstić information content (AvgIpc) is 2.73. The van der Waals surface area contributed by atoms with Crippen molar-refractivity contribution < 1.29 is 4.79 Å². The summed E-state index contributed by atoms with van der Waals surface area (Å²) in [5, 5.41) is 0.821. The molecule has 1 saturated carbocycles. The molecule has 6 heteroatoms. The smallest absolute Gasteiger partial charge is 0.254 e. The van der Waals surface area contributed by atoms with Gasteiger partial charge in [0, 0.05) is 68.3 Å². The van der Waals surface area contributed by atoms with E-state index in [2.05, 4.69) is 14.8 Å². The number of aromatic nitrogens is 1. The Labute approximate surface area is 171 Å². The third-order valence-electron chi connectivity index (χ3n) is 7.09. The van der Waals surface area contributed by atoms with Crippen LogP contribution in [0.1, 0.15) is 42.5 Å². The third kappa shape index (κ3) is 3.71. The number of likely N-dealkylation sites (tertiary alicyclic amines) is 1. The van der Waals surface area contributed by atoms with Gasteiger partial charge in [-0.25, -0.2) is 0 Å². The molecule has 0 bridgehead atoms. The van der Waals surface area contributed by atoms with Crippen LogP contribution in [0, 0.1) is 0 Å². The van der Waals surface area contributed by atoms with Gasteiger partial charge in [-0.05, 0) is 18.9 Å². The molecule has 1 N–H and O–H groups in total. The number of nitrogens with zero attached hydrogens (tertiary/aromatic N) is 3. The first-order chi connectivity index (χ1) is 14.2. The number of rotatable bonds is 3. The topological polar surface area (TPSA) is 59.7 Å². The van der Waals surface area contributed by atoms with Crippen LogP contribution < -0.4 is 5.56 Å². The lowest BCUT2D eigenvalue weighted by atomic mass is 9.93. The van der Waals surface area contributed by atoms with Crippen molar-refractivity contribution in [3.05, 3.63) is 46.2 Å². The summed E-state index contributed by atoms with van der Waals surface area (Å²) in [5.41, 5.74) is 1.02. The number of fused-ring (bicyclic) bond motifs is 1. The van der Waals surface area contributed by atoms with Crippen LogP contribution in [-0.2, 0) is 0 Å². The van der Waals surface area contributed by atoms with Gasteiger partial charge < -0.3 is 9.88 Å². The molecule has 1 aromatic carbocycles. The third-order valence-corrected chi connectivity index (χ3v) is 7.09. The fourth-order valence-electron chi connectivity index (χ4n) is 5.32. The monoisotopic (exact) mass is 394 g/mol. The number of para-hydroxylation sites is 1. The maximum absolute atomic E-state index is 13.0. The van der Waals surface area contributed by atoms with Crippen LogP contribution in [0.4, 0.5) is 0 Å². The molecule has 0 spiro atoms. The highest BCUT2D eigenvalue weighted by Gasteiger charge is 2.37. The minimum Gasteiger partial charge on any atom is -0.335 e. The number of carbonyl (C=O) groups excluding carboxylic acids is 1. The van der Waals surface area contributed by atoms with E-state index in [0.29, 0.717) is 11.6 Å². The average molecular weight is 395 g/mol. The predicted octanol–water partition coefficient (Wildman–Crippen LogP) is 2.30. The van der Waals surface area contributed by atoms with E-state index in [1.54, 1.807) is 0 Å². The molecular formula is C23H30N4O2. The molecule has 3 aliphatic rings. The Morgan fingerprint density at radius 2 is 1.55 bits per heavy atom. The standard InChI is InChI=1S/C23H30N4O2/c28-22-14-20(19-8-4-5-9-21(19)24-22)23(29)27-15-18(16-27)26-12-10-25(11-13-26)17-6-2-1-3-7-17/h4-5,8-9,14,17-18H,1-3,6-7,10-13,15-16H2,(H,24,28). The van der Waals surface area contributed by atoms with E-state index in [9.17, 15) is 9.59 Å². The highest BCUT2D eigenvalue weighted by atomic mass is 16.2. The van der Waals surface area contributed by atoms with Crippen LogP contribution in [0.2, 0.25) is 0 Å². The first-order valence-corrected chi connectivity index (χ1v) is 11.1. The molecule has 5 rings (SSSR count). The Balaban J connectivity index is 1.19. The molecule has 154 valence electrons. The molecule has 2 aromatic rings. The summed E-state index contributed by atoms with van der Waals surface area (Å²) in [6, 6.07) is 10.2. The van der Waals surface area contributed by atoms with Gasteiger partial charge in [0.1, 0.15) is 0 Å². The van der Waals surface area contributed by atoms with Crippen molar-refractivity contribution in [1.82, 2.24) is 19.7 Å². The SMILES string of the molecule is O=C(c1cc(=O)[nH]c2ccccc12)N1CC(N2CCN(C3CCCCC3)CC2)C1. The van der Waals surface area contributed by atoms with Gasteiger partial charge >= 0.3 is 0 Å². The molecule has 0 radical (unpaired) electrons. The number of hydrogen-bond donors (Lipinski definition) is 1. The second kappa shape index (κ2) is 7.92. The van der Waals surface area contributed by atoms with E-state index in [0.717, 1.165) is 56.2 Å². The number of pyridine rings is 1. The van der Waals surface area contributed by atoms with Crippen molar-refractivity contribution >= 4 is 16.8 Å². The molecule has 3 heterocycles. The van der Waals surface area contributed by atoms with Gasteiger partial charge in [-0.1, -0.05) is 37.5 Å². The number of nitrogens with one attached hydrogen (secondary N) is 1. The van der Waals surface area contributed by atoms with Crippen LogP contribution in [0.15, 0.2) is 35.1 Å². The van der Waals surface area contributed by atoms with E-state index in [-0.39, 0.29) is 11.5 Å². The number of amides is 1. The zero-order chi connectivity index (χ0) is 19.8. The maximum Gasteiger partial charge on any atom is 0.254 e. The van der Waals surface area contributed by atoms with Crippen LogP contribution >= 0.6 is 0 Å². The lowest BCUT2D eigenvalue weighted by Gasteiger charge is -2.49. The predicted molar refractivity (Wildman–Crippen MR) is 114 cm³/mol. The van der Waals surface area contributed by atoms with E-state index in [1.165, 1.54) is 38.2 Å². The van der Waals surface area contributed by atoms with Crippen molar-refractivity contribution in [1.29, 1.82) is 0 Å². The van der Waals surface area contributed by atoms with Crippen LogP contribution in [0.25, 0.3) is 10.9 Å². The van der Waals surface area contributed by atoms with Crippen molar-refractivity contribution in [2.24, 2.45) is 0 Å². The summed E-state index contributed by atoms with van der Waals surface area (Å²) in [7, 11) is 0. The summed E-state index contributed by atoms with van der Waals surface area (Å²) in [6.07, 6.45) is 6.93. The number of hydrogen-bond acceptors (Lipinski definition) is 4. The lowest BCUT2D eigenvalue weighted by Crippen LogP contribution is -2.64. The molecule has 0 unspecified atom stereocenters. The second-order valence-corrected chi connectivity index (χ2v) is 8.82. The number of piperazine rings is 1. The van der Waals surface area contributed by atoms with Gasteiger partial charge in [0.05, 0.1) is 5.56 Å². The number of aromatic amines is 1. The highest BCUT2D eigenvalue weighted by molar-refractivity contribution is 6.06. The van der Waals surface area contributed by atoms with Crippen molar-refractivity contribution in [3.63, 3.8) is 0 Å². The van der Waals surface area contributed by atoms with Gasteiger partial charge in [-0.2, -0.15) is 0 Å². The van der Waals surface area contributed by atoms with Crippen LogP contribution in [-0.4, -0.2) is 76.9 Å². The molecule has 0 atom stereocenters. The normalized spacial score (nSPS) is 22.7. The van der Waals surface area contributed by atoms with Gasteiger partial charge in [0.2, 0.25) is 5.56 Å². The number of benzene rings is 1. The Morgan fingerprint density at radius 3 is 2.28 bits per heavy atom. The van der Waals surface area contributed by atoms with Gasteiger partial charge in [-0.3, -0.25) is 19.4 Å². The molecule has 1 aliphatic carbocycles. The van der Waals surface area contributed by atoms with E-state index in [1.807, 2.05) is 29.2 Å². The molecule has 2 saturated heterocycles. The molecule has 3 fully saturated rings. The van der Waals surface area contributed by atoms with Gasteiger partial charge in [-0.15, -0.1) is 0 Å². The minimum atomic E-state index is -0.219. The van der Waals surface area contributed by atoms with Crippen molar-refractivity contribution in [2.45, 2.75) is 44.2 Å². The minimum absolute atomic E-state index is 0.0237. The zero-order valence-corrected chi connectivity index (χ0v) is 17.0. The molecular weight excluding hydrogens is 364 g/mol. The summed E-state index contributed by atoms with van der Waals surface area (Å²) in [5.74, 6) is -0.0237. The first-order valence-electron chi connectivity index (χ1n) is 11.1. The van der Waals surface area contributed by atoms with E-state index < -0.39 is 0 Å². The summed E-state index contributed by atoms with van der Waals surface area (Å²) in [4.78, 5) is 34.9. The second-order valence-electron chi connectivity index (χ2n) is 8.82. The highest BCUT2D eigenvalue weighted by Crippen LogP contribution is 2.26. The van der Waals surface area contributed by atoms with E-state index >= 15 is 0 Å². The Bertz CT molecular complexity index is 935. The van der Waals surface area contributed by atoms with Crippen LogP contribution in [0.5, 0.6) is 0 Å². The summed E-state index contributed by atoms with van der Waals surface area (Å²) < 4.78 is 0. The zero-order valence-electron chi connectivity index (χ0n) is 17.0. The fourth-order valence-corrected chi connectivity index (χ4v) is 5.32. The van der Waals surface area contributed by atoms with E-state index in [4.69, 9.17) is 0 Å². The van der Waals surface area contributed by atoms with Crippen molar-refractivity contribution in [3.8, 4) is 0 Å². The Morgan fingerprint density at radius 1 is 0.897 bits per heavy atom. The Hall–Kier alpha value is -2.18. The molecule has 1 aromatic heterocycles. The lowest BCUT2D eigenvalue weighted by molar-refractivity contribution is -0.00255. The summed E-state index contributed by atoms with van der Waals surface area (Å²) in [6.45, 7) is 6.07. The molecule has 2 aliphatic heterocycles. The van der Waals surface area contributed by atoms with Crippen LogP contribution in [0.3, 0.4) is 0 Å². The largest absolute Gasteiger partial charge is 0.335 e. The van der Waals surface area contributed by atoms with Gasteiger partial charge in [0.15, 0.2) is 0 Å². The summed E-state index contributed by atoms with van der Waals surface area (Å²) >= 11 is 0. The molecule has 29 heavy (non-hydrogen) atoms. The first kappa shape index (κ1) is 18.8. The quantitative estimate of drug-likeness (QED) is 0.868. The fraction of sp³-hybridized carbons (Fsp3) is 0.565. The van der Waals surface area contributed by atoms with Crippen molar-refractivity contribution in [2.75, 3.05) is 39.3 Å². The maximum atomic E-state index is 13.0. The number of carbonyl (C=O) groups is 1. The number of H-pyrrole nitrogens is 1. The Kier molecular flexibility index (Phi) is 5.14. The van der Waals surface area contributed by atoms with Gasteiger partial charge in [0.25, 0.3) is 5.91 Å².